The van der Waals surface area contributed by atoms with Gasteiger partial charge in [-0.1, -0.05) is 67.9 Å². The first kappa shape index (κ1) is 28.0. The van der Waals surface area contributed by atoms with Crippen molar-refractivity contribution in [1.29, 1.82) is 10.5 Å². The van der Waals surface area contributed by atoms with E-state index < -0.39 is 0 Å². The molecule has 0 saturated heterocycles. The summed E-state index contributed by atoms with van der Waals surface area (Å²) in [4.78, 5) is 15.9. The molecule has 0 aromatic heterocycles. The molecule has 0 spiro atoms. The van der Waals surface area contributed by atoms with Crippen LogP contribution in [0, 0.1) is 43.4 Å². The number of nitrogens with zero attached hydrogens (tertiary/aromatic N) is 3. The number of hydrogen-bond acceptors (Lipinski definition) is 4. The molecule has 43 heavy (non-hydrogen) atoms. The zero-order valence-corrected chi connectivity index (χ0v) is 25.5. The standard InChI is InChI=1S/C39H33N3O/c1-7-42-34-14-12-26(18-31-37(28(21-40)22-41)29-10-8-9-11-30(29)38(31)43)19-32(34)39(5,6)33-20-27(13-15-35(33)42)36-24(3)16-23(2)17-25(36)4/h8-20H,7H2,1-6H3/b31-18-. The van der Waals surface area contributed by atoms with Gasteiger partial charge >= 0.3 is 0 Å². The van der Waals surface area contributed by atoms with Crippen LogP contribution >= 0.6 is 0 Å². The zero-order chi connectivity index (χ0) is 30.6. The maximum Gasteiger partial charge on any atom is 0.194 e. The Morgan fingerprint density at radius 2 is 1.44 bits per heavy atom. The Kier molecular flexibility index (Phi) is 6.67. The number of carbonyl (C=O) groups is 1. The van der Waals surface area contributed by atoms with Gasteiger partial charge in [0.1, 0.15) is 17.7 Å². The van der Waals surface area contributed by atoms with Crippen molar-refractivity contribution in [2.75, 3.05) is 11.4 Å². The van der Waals surface area contributed by atoms with E-state index in [-0.39, 0.29) is 16.8 Å². The average molecular weight is 560 g/mol. The molecule has 4 heteroatoms. The van der Waals surface area contributed by atoms with E-state index in [0.717, 1.165) is 17.8 Å². The summed E-state index contributed by atoms with van der Waals surface area (Å²) >= 11 is 0. The molecule has 0 amide bonds. The topological polar surface area (TPSA) is 67.9 Å². The monoisotopic (exact) mass is 559 g/mol. The number of hydrogen-bond donors (Lipinski definition) is 0. The number of aryl methyl sites for hydroxylation is 3. The first-order valence-corrected chi connectivity index (χ1v) is 14.7. The molecule has 1 aliphatic carbocycles. The number of carbonyl (C=O) groups excluding carboxylic acids is 1. The third kappa shape index (κ3) is 4.30. The minimum absolute atomic E-state index is 0.0526. The fraction of sp³-hybridized carbons (Fsp3) is 0.205. The second kappa shape index (κ2) is 10.3. The van der Waals surface area contributed by atoms with E-state index in [0.29, 0.717) is 22.3 Å². The van der Waals surface area contributed by atoms with Crippen LogP contribution < -0.4 is 4.90 Å². The van der Waals surface area contributed by atoms with E-state index >= 15 is 0 Å². The summed E-state index contributed by atoms with van der Waals surface area (Å²) in [7, 11) is 0. The number of rotatable bonds is 3. The van der Waals surface area contributed by atoms with E-state index in [1.165, 1.54) is 44.6 Å². The van der Waals surface area contributed by atoms with E-state index in [1.807, 2.05) is 36.4 Å². The summed E-state index contributed by atoms with van der Waals surface area (Å²) < 4.78 is 0. The molecule has 4 aromatic carbocycles. The quantitative estimate of drug-likeness (QED) is 0.185. The Hall–Kier alpha value is -5.19. The van der Waals surface area contributed by atoms with Gasteiger partial charge in [-0.3, -0.25) is 4.79 Å². The molecule has 6 rings (SSSR count). The van der Waals surface area contributed by atoms with E-state index in [9.17, 15) is 15.3 Å². The maximum absolute atomic E-state index is 13.5. The molecule has 1 heterocycles. The highest BCUT2D eigenvalue weighted by molar-refractivity contribution is 6.29. The van der Waals surface area contributed by atoms with Gasteiger partial charge in [0.25, 0.3) is 0 Å². The average Bonchev–Trinajstić information content (AvgIpc) is 3.25. The van der Waals surface area contributed by atoms with Crippen LogP contribution in [0.4, 0.5) is 11.4 Å². The van der Waals surface area contributed by atoms with Gasteiger partial charge in [0.15, 0.2) is 5.78 Å². The van der Waals surface area contributed by atoms with Crippen LogP contribution in [0.2, 0.25) is 0 Å². The lowest BCUT2D eigenvalue weighted by Crippen LogP contribution is -2.33. The Labute approximate surface area is 253 Å². The molecule has 0 fully saturated rings. The number of ketones is 1. The molecule has 0 radical (unpaired) electrons. The van der Waals surface area contributed by atoms with Gasteiger partial charge in [-0.25, -0.2) is 0 Å². The largest absolute Gasteiger partial charge is 0.341 e. The van der Waals surface area contributed by atoms with Crippen molar-refractivity contribution in [1.82, 2.24) is 0 Å². The highest BCUT2D eigenvalue weighted by atomic mass is 16.1. The van der Waals surface area contributed by atoms with Crippen LogP contribution in [0.25, 0.3) is 22.8 Å². The van der Waals surface area contributed by atoms with Crippen LogP contribution in [0.15, 0.2) is 83.9 Å². The SMILES string of the molecule is CCN1c2ccc(/C=C3\C(=O)c4ccccc4C3=C(C#N)C#N)cc2C(C)(C)c2cc(-c3c(C)cc(C)cc3C)ccc21. The number of allylic oxidation sites excluding steroid dienone is 3. The number of fused-ring (bicyclic) bond motifs is 3. The third-order valence-electron chi connectivity index (χ3n) is 8.97. The third-order valence-corrected chi connectivity index (χ3v) is 8.97. The summed E-state index contributed by atoms with van der Waals surface area (Å²) in [6.07, 6.45) is 1.84. The van der Waals surface area contributed by atoms with Gasteiger partial charge in [0.2, 0.25) is 0 Å². The highest BCUT2D eigenvalue weighted by Gasteiger charge is 2.37. The lowest BCUT2D eigenvalue weighted by Gasteiger charge is -2.42. The van der Waals surface area contributed by atoms with Gasteiger partial charge in [0.05, 0.1) is 0 Å². The summed E-state index contributed by atoms with van der Waals surface area (Å²) in [5.41, 5.74) is 13.5. The van der Waals surface area contributed by atoms with Crippen LogP contribution in [0.1, 0.15) is 70.1 Å². The number of nitriles is 2. The first-order chi connectivity index (χ1) is 20.6. The summed E-state index contributed by atoms with van der Waals surface area (Å²) in [6.45, 7) is 14.0. The molecule has 0 unspecified atom stereocenters. The van der Waals surface area contributed by atoms with Crippen LogP contribution in [-0.4, -0.2) is 12.3 Å². The summed E-state index contributed by atoms with van der Waals surface area (Å²) in [5.74, 6) is -0.167. The molecular weight excluding hydrogens is 526 g/mol. The lowest BCUT2D eigenvalue weighted by molar-refractivity contribution is 0.104. The normalized spacial score (nSPS) is 15.4. The second-order valence-corrected chi connectivity index (χ2v) is 12.1. The lowest BCUT2D eigenvalue weighted by atomic mass is 9.72. The first-order valence-electron chi connectivity index (χ1n) is 14.7. The molecule has 0 bridgehead atoms. The molecule has 1 aliphatic heterocycles. The highest BCUT2D eigenvalue weighted by Crippen LogP contribution is 2.51. The number of Topliss-reactive ketones (excluding diaryl/α,β-unsaturated/α-hetero) is 1. The fourth-order valence-electron chi connectivity index (χ4n) is 7.07. The van der Waals surface area contributed by atoms with Crippen molar-refractivity contribution >= 4 is 28.8 Å². The van der Waals surface area contributed by atoms with E-state index in [1.54, 1.807) is 12.1 Å². The number of anilines is 2. The van der Waals surface area contributed by atoms with E-state index in [4.69, 9.17) is 0 Å². The molecule has 0 atom stereocenters. The van der Waals surface area contributed by atoms with Crippen LogP contribution in [-0.2, 0) is 5.41 Å². The predicted octanol–water partition coefficient (Wildman–Crippen LogP) is 9.16. The maximum atomic E-state index is 13.5. The van der Waals surface area contributed by atoms with Gasteiger partial charge in [-0.15, -0.1) is 0 Å². The van der Waals surface area contributed by atoms with Crippen molar-refractivity contribution in [3.63, 3.8) is 0 Å². The molecule has 4 nitrogen and oxygen atoms in total. The van der Waals surface area contributed by atoms with Crippen molar-refractivity contribution in [2.24, 2.45) is 0 Å². The molecule has 4 aromatic rings. The van der Waals surface area contributed by atoms with Gasteiger partial charge in [-0.2, -0.15) is 10.5 Å². The van der Waals surface area contributed by atoms with Crippen molar-refractivity contribution in [3.05, 3.63) is 128 Å². The Morgan fingerprint density at radius 3 is 2.07 bits per heavy atom. The number of benzene rings is 4. The van der Waals surface area contributed by atoms with E-state index in [2.05, 4.69) is 88.9 Å². The summed E-state index contributed by atoms with van der Waals surface area (Å²) in [6, 6.07) is 28.9. The second-order valence-electron chi connectivity index (χ2n) is 12.1. The fourth-order valence-corrected chi connectivity index (χ4v) is 7.07. The molecule has 2 aliphatic rings. The Balaban J connectivity index is 1.52. The zero-order valence-electron chi connectivity index (χ0n) is 25.5. The molecule has 210 valence electrons. The van der Waals surface area contributed by atoms with Gasteiger partial charge < -0.3 is 4.90 Å². The minimum atomic E-state index is -0.320. The molecule has 0 N–H and O–H groups in total. The summed E-state index contributed by atoms with van der Waals surface area (Å²) in [5, 5.41) is 19.5. The van der Waals surface area contributed by atoms with Gasteiger partial charge in [0, 0.05) is 40.0 Å². The van der Waals surface area contributed by atoms with Gasteiger partial charge in [-0.05, 0) is 103 Å². The Bertz CT molecular complexity index is 1970. The van der Waals surface area contributed by atoms with Crippen molar-refractivity contribution < 1.29 is 4.79 Å². The minimum Gasteiger partial charge on any atom is -0.341 e. The Morgan fingerprint density at radius 1 is 0.837 bits per heavy atom. The smallest absolute Gasteiger partial charge is 0.194 e. The van der Waals surface area contributed by atoms with Crippen molar-refractivity contribution in [2.45, 2.75) is 47.0 Å². The molecular formula is C39H33N3O. The predicted molar refractivity (Wildman–Crippen MR) is 174 cm³/mol. The van der Waals surface area contributed by atoms with Crippen LogP contribution in [0.5, 0.6) is 0 Å². The van der Waals surface area contributed by atoms with Crippen LogP contribution in [0.3, 0.4) is 0 Å². The van der Waals surface area contributed by atoms with Crippen molar-refractivity contribution in [3.8, 4) is 23.3 Å². The molecule has 0 saturated carbocycles.